The highest BCUT2D eigenvalue weighted by atomic mass is 32.2. The van der Waals surface area contributed by atoms with Crippen LogP contribution in [0.3, 0.4) is 0 Å². The Morgan fingerprint density at radius 2 is 1.93 bits per heavy atom. The summed E-state index contributed by atoms with van der Waals surface area (Å²) in [7, 11) is 0. The number of nitrogens with zero attached hydrogens (tertiary/aromatic N) is 1. The Morgan fingerprint density at radius 1 is 1.21 bits per heavy atom. The van der Waals surface area contributed by atoms with Crippen LogP contribution < -0.4 is 10.6 Å². The third-order valence-electron chi connectivity index (χ3n) is 5.29. The third-order valence-corrected chi connectivity index (χ3v) is 6.30. The predicted octanol–water partition coefficient (Wildman–Crippen LogP) is 2.74. The molecule has 162 valence electrons. The Labute approximate surface area is 185 Å². The highest BCUT2D eigenvalue weighted by molar-refractivity contribution is 7.98. The molecule has 1 aromatic carbocycles. The lowest BCUT2D eigenvalue weighted by Gasteiger charge is -2.39. The molecule has 2 rings (SSSR count). The van der Waals surface area contributed by atoms with Crippen molar-refractivity contribution in [3.8, 4) is 0 Å². The molecule has 1 aliphatic rings. The molecule has 2 amide bonds. The number of thioether (sulfide) groups is 1. The smallest absolute Gasteiger partial charge is 0.243 e. The Bertz CT molecular complexity index is 669. The molecule has 2 atom stereocenters. The number of benzene rings is 1. The van der Waals surface area contributed by atoms with Crippen LogP contribution in [0.15, 0.2) is 24.3 Å². The lowest BCUT2D eigenvalue weighted by Crippen LogP contribution is -2.58. The molecule has 5 nitrogen and oxygen atoms in total. The zero-order chi connectivity index (χ0) is 21.2. The van der Waals surface area contributed by atoms with E-state index in [-0.39, 0.29) is 23.8 Å². The second-order valence-corrected chi connectivity index (χ2v) is 9.28. The second kappa shape index (κ2) is 12.5. The summed E-state index contributed by atoms with van der Waals surface area (Å²) >= 11 is 6.03. The van der Waals surface area contributed by atoms with Gasteiger partial charge >= 0.3 is 0 Å². The van der Waals surface area contributed by atoms with Crippen LogP contribution in [-0.2, 0) is 22.6 Å². The Hall–Kier alpha value is -1.18. The van der Waals surface area contributed by atoms with Crippen LogP contribution >= 0.6 is 24.4 Å². The summed E-state index contributed by atoms with van der Waals surface area (Å²) in [5, 5.41) is 6.43. The van der Waals surface area contributed by atoms with Gasteiger partial charge in [-0.15, -0.1) is 0 Å². The topological polar surface area (TPSA) is 61.4 Å². The van der Waals surface area contributed by atoms with Gasteiger partial charge in [-0.3, -0.25) is 9.59 Å². The Kier molecular flexibility index (Phi) is 10.4. The van der Waals surface area contributed by atoms with E-state index < -0.39 is 6.04 Å². The number of rotatable bonds is 11. The summed E-state index contributed by atoms with van der Waals surface area (Å²) in [6.07, 6.45) is 4.47. The van der Waals surface area contributed by atoms with E-state index in [2.05, 4.69) is 41.7 Å². The fraction of sp³-hybridized carbons (Fsp3) is 0.636. The van der Waals surface area contributed by atoms with Gasteiger partial charge in [0.15, 0.2) is 0 Å². The van der Waals surface area contributed by atoms with E-state index >= 15 is 0 Å². The maximum absolute atomic E-state index is 13.5. The fourth-order valence-corrected chi connectivity index (χ4v) is 4.25. The molecule has 0 unspecified atom stereocenters. The Morgan fingerprint density at radius 3 is 2.59 bits per heavy atom. The van der Waals surface area contributed by atoms with Crippen LogP contribution in [0.4, 0.5) is 0 Å². The standard InChI is InChI=1S/C22H35N3O2S2/c1-16(2)20(23-10-6-12-28)22(27)25-15-18-9-5-4-8-17(18)14-19(25)21(26)24-11-7-13-29-3/h4-5,8-9,16,19-20,23,28H,6-7,10-15H2,1-3H3,(H,24,26)/t19-,20+/m1/s1. The highest BCUT2D eigenvalue weighted by Gasteiger charge is 2.37. The lowest BCUT2D eigenvalue weighted by atomic mass is 9.91. The van der Waals surface area contributed by atoms with Crippen molar-refractivity contribution in [2.24, 2.45) is 5.92 Å². The van der Waals surface area contributed by atoms with Gasteiger partial charge in [0.1, 0.15) is 6.04 Å². The van der Waals surface area contributed by atoms with Crippen molar-refractivity contribution in [3.05, 3.63) is 35.4 Å². The van der Waals surface area contributed by atoms with Gasteiger partial charge in [0.05, 0.1) is 6.04 Å². The average Bonchev–Trinajstić information content (AvgIpc) is 2.72. The SMILES string of the molecule is CSCCCNC(=O)[C@H]1Cc2ccccc2CN1C(=O)[C@@H](NCCCS)C(C)C. The number of carbonyl (C=O) groups is 2. The number of amides is 2. The minimum absolute atomic E-state index is 0.0120. The first-order chi connectivity index (χ1) is 14.0. The zero-order valence-electron chi connectivity index (χ0n) is 17.8. The molecule has 0 spiro atoms. The lowest BCUT2D eigenvalue weighted by molar-refractivity contribution is -0.144. The van der Waals surface area contributed by atoms with Crippen molar-refractivity contribution in [3.63, 3.8) is 0 Å². The fourth-order valence-electron chi connectivity index (χ4n) is 3.66. The van der Waals surface area contributed by atoms with E-state index in [0.717, 1.165) is 42.0 Å². The summed E-state index contributed by atoms with van der Waals surface area (Å²) in [6, 6.07) is 7.36. The molecular formula is C22H35N3O2S2. The maximum Gasteiger partial charge on any atom is 0.243 e. The number of carbonyl (C=O) groups excluding carboxylic acids is 2. The van der Waals surface area contributed by atoms with Gasteiger partial charge < -0.3 is 15.5 Å². The first-order valence-electron chi connectivity index (χ1n) is 10.5. The van der Waals surface area contributed by atoms with E-state index in [1.165, 1.54) is 0 Å². The van der Waals surface area contributed by atoms with Crippen LogP contribution in [0.25, 0.3) is 0 Å². The average molecular weight is 438 g/mol. The molecule has 1 aliphatic heterocycles. The van der Waals surface area contributed by atoms with Crippen LogP contribution in [0.1, 0.15) is 37.8 Å². The maximum atomic E-state index is 13.5. The minimum Gasteiger partial charge on any atom is -0.354 e. The van der Waals surface area contributed by atoms with Crippen molar-refractivity contribution < 1.29 is 9.59 Å². The van der Waals surface area contributed by atoms with Crippen LogP contribution in [-0.4, -0.2) is 59.6 Å². The molecule has 0 aromatic heterocycles. The second-order valence-electron chi connectivity index (χ2n) is 7.85. The first kappa shape index (κ1) is 24.1. The number of fused-ring (bicyclic) bond motifs is 1. The number of nitrogens with one attached hydrogen (secondary N) is 2. The van der Waals surface area contributed by atoms with E-state index in [1.807, 2.05) is 26.0 Å². The molecule has 0 bridgehead atoms. The highest BCUT2D eigenvalue weighted by Crippen LogP contribution is 2.25. The summed E-state index contributed by atoms with van der Waals surface area (Å²) in [4.78, 5) is 28.3. The molecule has 0 radical (unpaired) electrons. The van der Waals surface area contributed by atoms with Gasteiger partial charge in [-0.25, -0.2) is 0 Å². The van der Waals surface area contributed by atoms with E-state index in [9.17, 15) is 9.59 Å². The van der Waals surface area contributed by atoms with Crippen LogP contribution in [0.5, 0.6) is 0 Å². The third kappa shape index (κ3) is 6.93. The van der Waals surface area contributed by atoms with E-state index in [1.54, 1.807) is 16.7 Å². The van der Waals surface area contributed by atoms with Gasteiger partial charge in [-0.2, -0.15) is 24.4 Å². The molecule has 0 saturated carbocycles. The van der Waals surface area contributed by atoms with Crippen LogP contribution in [0, 0.1) is 5.92 Å². The summed E-state index contributed by atoms with van der Waals surface area (Å²) in [5.74, 6) is 1.90. The van der Waals surface area contributed by atoms with Crippen molar-refractivity contribution >= 4 is 36.2 Å². The molecule has 7 heteroatoms. The van der Waals surface area contributed by atoms with Gasteiger partial charge in [0, 0.05) is 19.5 Å². The molecule has 29 heavy (non-hydrogen) atoms. The molecule has 0 saturated heterocycles. The molecule has 1 heterocycles. The largest absolute Gasteiger partial charge is 0.354 e. The number of hydrogen-bond acceptors (Lipinski definition) is 5. The zero-order valence-corrected chi connectivity index (χ0v) is 19.5. The normalized spacial score (nSPS) is 17.1. The predicted molar refractivity (Wildman–Crippen MR) is 126 cm³/mol. The molecular weight excluding hydrogens is 402 g/mol. The molecule has 0 fully saturated rings. The summed E-state index contributed by atoms with van der Waals surface area (Å²) in [5.41, 5.74) is 2.29. The quantitative estimate of drug-likeness (QED) is 0.368. The van der Waals surface area contributed by atoms with Crippen molar-refractivity contribution in [1.82, 2.24) is 15.5 Å². The monoisotopic (exact) mass is 437 g/mol. The summed E-state index contributed by atoms with van der Waals surface area (Å²) < 4.78 is 0. The van der Waals surface area contributed by atoms with Gasteiger partial charge in [-0.1, -0.05) is 38.1 Å². The van der Waals surface area contributed by atoms with Crippen molar-refractivity contribution in [2.45, 2.75) is 51.7 Å². The van der Waals surface area contributed by atoms with Gasteiger partial charge in [-0.05, 0) is 54.2 Å². The minimum atomic E-state index is -0.459. The van der Waals surface area contributed by atoms with E-state index in [4.69, 9.17) is 0 Å². The summed E-state index contributed by atoms with van der Waals surface area (Å²) in [6.45, 7) is 5.97. The van der Waals surface area contributed by atoms with Crippen LogP contribution in [0.2, 0.25) is 0 Å². The van der Waals surface area contributed by atoms with Crippen molar-refractivity contribution in [2.75, 3.05) is 30.9 Å². The number of hydrogen-bond donors (Lipinski definition) is 3. The molecule has 1 aromatic rings. The molecule has 0 aliphatic carbocycles. The van der Waals surface area contributed by atoms with E-state index in [0.29, 0.717) is 19.5 Å². The van der Waals surface area contributed by atoms with Gasteiger partial charge in [0.2, 0.25) is 11.8 Å². The Balaban J connectivity index is 2.18. The number of thiol groups is 1. The first-order valence-corrected chi connectivity index (χ1v) is 12.5. The molecule has 2 N–H and O–H groups in total. The van der Waals surface area contributed by atoms with Crippen molar-refractivity contribution in [1.29, 1.82) is 0 Å². The van der Waals surface area contributed by atoms with Gasteiger partial charge in [0.25, 0.3) is 0 Å².